The number of halogens is 3. The van der Waals surface area contributed by atoms with Crippen molar-refractivity contribution in [3.8, 4) is 11.5 Å². The molecule has 1 atom stereocenters. The van der Waals surface area contributed by atoms with Crippen molar-refractivity contribution in [1.82, 2.24) is 5.32 Å². The SMILES string of the molecule is N=C(N)Nc1ccc2c(c1)COc1c(cccc1C(=O)N[C@@H](CC(=O)O)C(=O)O)OC2=O.O=C(O)C(F)(F)F. The van der Waals surface area contributed by atoms with Crippen LogP contribution >= 0.6 is 0 Å². The summed E-state index contributed by atoms with van der Waals surface area (Å²) in [4.78, 5) is 56.3. The van der Waals surface area contributed by atoms with Gasteiger partial charge in [-0.05, 0) is 30.3 Å². The van der Waals surface area contributed by atoms with Gasteiger partial charge in [0.25, 0.3) is 5.91 Å². The zero-order valence-electron chi connectivity index (χ0n) is 19.4. The number of hydrogen-bond donors (Lipinski definition) is 7. The number of guanidine groups is 1. The molecular formula is C22H19F3N4O10. The van der Waals surface area contributed by atoms with Gasteiger partial charge in [0.1, 0.15) is 12.6 Å². The van der Waals surface area contributed by atoms with E-state index in [1.807, 2.05) is 0 Å². The van der Waals surface area contributed by atoms with Crippen molar-refractivity contribution >= 4 is 41.4 Å². The number of esters is 1. The minimum atomic E-state index is -5.08. The fraction of sp³-hybridized carbons (Fsp3) is 0.182. The first-order chi connectivity index (χ1) is 18.1. The summed E-state index contributed by atoms with van der Waals surface area (Å²) in [5.41, 5.74) is 6.19. The smallest absolute Gasteiger partial charge is 0.484 e. The lowest BCUT2D eigenvalue weighted by atomic mass is 10.1. The number of benzene rings is 2. The highest BCUT2D eigenvalue weighted by Gasteiger charge is 2.38. The number of ether oxygens (including phenoxy) is 2. The molecule has 0 radical (unpaired) electrons. The van der Waals surface area contributed by atoms with E-state index in [9.17, 15) is 32.3 Å². The second-order valence-corrected chi connectivity index (χ2v) is 7.49. The lowest BCUT2D eigenvalue weighted by Gasteiger charge is -2.21. The van der Waals surface area contributed by atoms with Crippen LogP contribution in [0.1, 0.15) is 32.7 Å². The van der Waals surface area contributed by atoms with Crippen LogP contribution in [-0.2, 0) is 21.0 Å². The Hall–Kier alpha value is -5.35. The number of fused-ring (bicyclic) bond motifs is 2. The monoisotopic (exact) mass is 556 g/mol. The third kappa shape index (κ3) is 8.34. The van der Waals surface area contributed by atoms with Crippen molar-refractivity contribution in [3.05, 3.63) is 53.1 Å². The van der Waals surface area contributed by atoms with Gasteiger partial charge >= 0.3 is 30.1 Å². The predicted molar refractivity (Wildman–Crippen MR) is 123 cm³/mol. The van der Waals surface area contributed by atoms with Crippen LogP contribution in [0.5, 0.6) is 11.5 Å². The fourth-order valence-electron chi connectivity index (χ4n) is 2.98. The van der Waals surface area contributed by atoms with E-state index in [1.54, 1.807) is 0 Å². The summed E-state index contributed by atoms with van der Waals surface area (Å²) in [5.74, 6) is -7.81. The fourth-order valence-corrected chi connectivity index (χ4v) is 2.98. The Morgan fingerprint density at radius 3 is 2.28 bits per heavy atom. The summed E-state index contributed by atoms with van der Waals surface area (Å²) in [6, 6.07) is 6.97. The molecule has 0 bridgehead atoms. The third-order valence-corrected chi connectivity index (χ3v) is 4.63. The molecule has 1 aliphatic heterocycles. The Morgan fingerprint density at radius 2 is 1.74 bits per heavy atom. The molecule has 3 rings (SSSR count). The van der Waals surface area contributed by atoms with E-state index >= 15 is 0 Å². The maximum atomic E-state index is 12.7. The van der Waals surface area contributed by atoms with E-state index < -0.39 is 48.4 Å². The van der Waals surface area contributed by atoms with Crippen molar-refractivity contribution in [2.75, 3.05) is 5.32 Å². The number of nitrogens with two attached hydrogens (primary N) is 1. The van der Waals surface area contributed by atoms with Crippen molar-refractivity contribution in [3.63, 3.8) is 0 Å². The maximum Gasteiger partial charge on any atom is 0.490 e. The van der Waals surface area contributed by atoms with Crippen LogP contribution in [0.15, 0.2) is 36.4 Å². The molecule has 8 N–H and O–H groups in total. The molecule has 2 aromatic carbocycles. The van der Waals surface area contributed by atoms with Gasteiger partial charge in [0.2, 0.25) is 0 Å². The molecule has 1 amide bonds. The average molecular weight is 556 g/mol. The van der Waals surface area contributed by atoms with Crippen molar-refractivity contribution < 1.29 is 61.9 Å². The van der Waals surface area contributed by atoms with Gasteiger partial charge in [-0.1, -0.05) is 6.07 Å². The topological polar surface area (TPSA) is 238 Å². The van der Waals surface area contributed by atoms with Crippen LogP contribution in [0.25, 0.3) is 0 Å². The molecule has 1 aliphatic rings. The number of aliphatic carboxylic acids is 3. The van der Waals surface area contributed by atoms with Crippen LogP contribution in [0.4, 0.5) is 18.9 Å². The first-order valence-corrected chi connectivity index (χ1v) is 10.4. The lowest BCUT2D eigenvalue weighted by molar-refractivity contribution is -0.192. The molecule has 1 heterocycles. The number of amides is 1. The van der Waals surface area contributed by atoms with E-state index in [0.29, 0.717) is 11.3 Å². The van der Waals surface area contributed by atoms with Gasteiger partial charge in [0.05, 0.1) is 17.5 Å². The molecule has 0 spiro atoms. The summed E-state index contributed by atoms with van der Waals surface area (Å²) in [6.07, 6.45) is -5.91. The molecule has 0 aromatic heterocycles. The number of rotatable bonds is 6. The zero-order valence-corrected chi connectivity index (χ0v) is 19.4. The average Bonchev–Trinajstić information content (AvgIpc) is 2.80. The minimum absolute atomic E-state index is 0.0654. The van der Waals surface area contributed by atoms with Gasteiger partial charge in [0.15, 0.2) is 17.5 Å². The lowest BCUT2D eigenvalue weighted by Crippen LogP contribution is -2.42. The number of carboxylic acids is 3. The standard InChI is InChI=1S/C20H18N4O8.C2HF3O2/c21-20(22)23-10-4-5-11-9(6-10)8-31-16-12(2-1-3-14(16)32-19(11)30)17(27)24-13(18(28)29)7-15(25)26;3-2(4,5)1(6)7/h1-6,13H,7-8H2,(H,24,27)(H,25,26)(H,28,29)(H4,21,22,23);(H,6,7)/t13-;/m0./s1. The molecule has 39 heavy (non-hydrogen) atoms. The second-order valence-electron chi connectivity index (χ2n) is 7.49. The van der Waals surface area contributed by atoms with Gasteiger partial charge in [-0.2, -0.15) is 13.2 Å². The van der Waals surface area contributed by atoms with Crippen molar-refractivity contribution in [2.24, 2.45) is 5.73 Å². The first-order valence-electron chi connectivity index (χ1n) is 10.4. The van der Waals surface area contributed by atoms with Crippen molar-refractivity contribution in [1.29, 1.82) is 5.41 Å². The van der Waals surface area contributed by atoms with Crippen molar-refractivity contribution in [2.45, 2.75) is 25.2 Å². The normalized spacial score (nSPS) is 12.7. The van der Waals surface area contributed by atoms with Crippen LogP contribution in [0, 0.1) is 5.41 Å². The quantitative estimate of drug-likeness (QED) is 0.116. The van der Waals surface area contributed by atoms with Gasteiger partial charge in [-0.3, -0.25) is 15.0 Å². The van der Waals surface area contributed by atoms with E-state index in [2.05, 4.69) is 10.6 Å². The van der Waals surface area contributed by atoms with E-state index in [4.69, 9.17) is 40.7 Å². The molecule has 0 saturated carbocycles. The summed E-state index contributed by atoms with van der Waals surface area (Å²) >= 11 is 0. The third-order valence-electron chi connectivity index (χ3n) is 4.63. The summed E-state index contributed by atoms with van der Waals surface area (Å²) in [7, 11) is 0. The Kier molecular flexibility index (Phi) is 9.39. The number of hydrogen-bond acceptors (Lipinski definition) is 8. The van der Waals surface area contributed by atoms with Gasteiger partial charge in [-0.25, -0.2) is 14.4 Å². The van der Waals surface area contributed by atoms with Crippen LogP contribution in [0.3, 0.4) is 0 Å². The number of carbonyl (C=O) groups excluding carboxylic acids is 2. The molecule has 208 valence electrons. The molecule has 0 unspecified atom stereocenters. The molecule has 0 saturated heterocycles. The van der Waals surface area contributed by atoms with Crippen LogP contribution in [0.2, 0.25) is 0 Å². The number of anilines is 1. The summed E-state index contributed by atoms with van der Waals surface area (Å²) in [5, 5.41) is 37.2. The predicted octanol–water partition coefficient (Wildman–Crippen LogP) is 1.39. The Morgan fingerprint density at radius 1 is 1.10 bits per heavy atom. The number of carboxylic acid groups (broad SMARTS) is 3. The number of carbonyl (C=O) groups is 5. The Balaban J connectivity index is 0.000000673. The summed E-state index contributed by atoms with van der Waals surface area (Å²) < 4.78 is 42.8. The highest BCUT2D eigenvalue weighted by atomic mass is 19.4. The summed E-state index contributed by atoms with van der Waals surface area (Å²) in [6.45, 7) is -0.160. The molecule has 0 fully saturated rings. The first kappa shape index (κ1) is 29.9. The second kappa shape index (κ2) is 12.3. The largest absolute Gasteiger partial charge is 0.490 e. The molecule has 2 aromatic rings. The number of para-hydroxylation sites is 1. The van der Waals surface area contributed by atoms with E-state index in [1.165, 1.54) is 36.4 Å². The molecular weight excluding hydrogens is 537 g/mol. The maximum absolute atomic E-state index is 12.7. The highest BCUT2D eigenvalue weighted by molar-refractivity contribution is 6.01. The number of nitrogens with one attached hydrogen (secondary N) is 3. The molecule has 17 heteroatoms. The minimum Gasteiger partial charge on any atom is -0.484 e. The van der Waals surface area contributed by atoms with Gasteiger partial charge in [0, 0.05) is 11.3 Å². The van der Waals surface area contributed by atoms with Crippen LogP contribution < -0.4 is 25.8 Å². The Bertz CT molecular complexity index is 1330. The van der Waals surface area contributed by atoms with Gasteiger partial charge in [-0.15, -0.1) is 0 Å². The van der Waals surface area contributed by atoms with Gasteiger partial charge < -0.3 is 41.2 Å². The molecule has 0 aliphatic carbocycles. The van der Waals surface area contributed by atoms with E-state index in [0.717, 1.165) is 0 Å². The van der Waals surface area contributed by atoms with Crippen LogP contribution in [-0.4, -0.2) is 63.3 Å². The molecule has 14 nitrogen and oxygen atoms in total. The zero-order chi connectivity index (χ0) is 29.5. The highest BCUT2D eigenvalue weighted by Crippen LogP contribution is 2.35. The number of alkyl halides is 3. The Labute approximate surface area is 215 Å². The van der Waals surface area contributed by atoms with E-state index in [-0.39, 0.29) is 35.2 Å².